The number of aromatic hydroxyl groups is 1. The highest BCUT2D eigenvalue weighted by molar-refractivity contribution is 5.78. The molecule has 1 N–H and O–H groups in total. The first-order valence-electron chi connectivity index (χ1n) is 6.93. The fraction of sp³-hybridized carbons (Fsp3) is 0.235. The summed E-state index contributed by atoms with van der Waals surface area (Å²) in [5.41, 5.74) is 2.75. The lowest BCUT2D eigenvalue weighted by molar-refractivity contribution is -0.145. The molecule has 0 bridgehead atoms. The summed E-state index contributed by atoms with van der Waals surface area (Å²) in [5.74, 6) is 0.590. The summed E-state index contributed by atoms with van der Waals surface area (Å²) in [6.07, 6.45) is -0.320. The Kier molecular flexibility index (Phi) is 3.52. The van der Waals surface area contributed by atoms with Crippen molar-refractivity contribution in [1.82, 2.24) is 0 Å². The highest BCUT2D eigenvalue weighted by Gasteiger charge is 2.28. The van der Waals surface area contributed by atoms with E-state index < -0.39 is 6.10 Å². The van der Waals surface area contributed by atoms with Crippen molar-refractivity contribution in [3.63, 3.8) is 0 Å². The van der Waals surface area contributed by atoms with Gasteiger partial charge in [0, 0.05) is 11.1 Å². The second-order valence-electron chi connectivity index (χ2n) is 4.88. The average Bonchev–Trinajstić information content (AvgIpc) is 2.47. The fourth-order valence-electron chi connectivity index (χ4n) is 2.59. The average molecular weight is 284 g/mol. The van der Waals surface area contributed by atoms with Gasteiger partial charge in [0.2, 0.25) is 0 Å². The summed E-state index contributed by atoms with van der Waals surface area (Å²) in [6, 6.07) is 12.8. The van der Waals surface area contributed by atoms with Crippen molar-refractivity contribution in [2.75, 3.05) is 6.61 Å². The minimum Gasteiger partial charge on any atom is -0.508 e. The van der Waals surface area contributed by atoms with Gasteiger partial charge in [-0.05, 0) is 30.7 Å². The topological polar surface area (TPSA) is 55.8 Å². The molecule has 1 atom stereocenters. The molecule has 4 heteroatoms. The summed E-state index contributed by atoms with van der Waals surface area (Å²) in [4.78, 5) is 11.8. The molecule has 108 valence electrons. The van der Waals surface area contributed by atoms with Crippen molar-refractivity contribution in [2.24, 2.45) is 0 Å². The molecule has 0 radical (unpaired) electrons. The second-order valence-corrected chi connectivity index (χ2v) is 4.88. The standard InChI is InChI=1S/C17H16O4/c1-2-20-17(19)10-16-14-9-11(18)7-8-12(14)13-5-3-4-6-15(13)21-16/h3-9,16,18H,2,10H2,1H3. The van der Waals surface area contributed by atoms with Crippen molar-refractivity contribution in [2.45, 2.75) is 19.4 Å². The molecule has 4 nitrogen and oxygen atoms in total. The molecule has 1 heterocycles. The van der Waals surface area contributed by atoms with Gasteiger partial charge in [0.1, 0.15) is 17.6 Å². The SMILES string of the molecule is CCOC(=O)CC1Oc2ccccc2-c2ccc(O)cc21. The Morgan fingerprint density at radius 3 is 2.86 bits per heavy atom. The predicted molar refractivity (Wildman–Crippen MR) is 78.2 cm³/mol. The maximum atomic E-state index is 11.8. The molecule has 2 aromatic rings. The summed E-state index contributed by atoms with van der Waals surface area (Å²) in [5, 5.41) is 9.72. The molecule has 21 heavy (non-hydrogen) atoms. The van der Waals surface area contributed by atoms with Crippen LogP contribution in [0.5, 0.6) is 11.5 Å². The Morgan fingerprint density at radius 2 is 2.05 bits per heavy atom. The van der Waals surface area contributed by atoms with Crippen molar-refractivity contribution < 1.29 is 19.4 Å². The molecule has 3 rings (SSSR count). The number of benzene rings is 2. The van der Waals surface area contributed by atoms with E-state index in [4.69, 9.17) is 9.47 Å². The van der Waals surface area contributed by atoms with Crippen molar-refractivity contribution >= 4 is 5.97 Å². The minimum absolute atomic E-state index is 0.124. The number of phenols is 1. The van der Waals surface area contributed by atoms with Crippen LogP contribution >= 0.6 is 0 Å². The van der Waals surface area contributed by atoms with E-state index in [1.807, 2.05) is 30.3 Å². The number of esters is 1. The molecule has 0 fully saturated rings. The smallest absolute Gasteiger partial charge is 0.309 e. The first-order valence-corrected chi connectivity index (χ1v) is 6.93. The van der Waals surface area contributed by atoms with Crippen LogP contribution in [0.4, 0.5) is 0 Å². The van der Waals surface area contributed by atoms with Crippen LogP contribution in [0, 0.1) is 0 Å². The minimum atomic E-state index is -0.443. The molecule has 0 saturated heterocycles. The maximum Gasteiger partial charge on any atom is 0.309 e. The van der Waals surface area contributed by atoms with Gasteiger partial charge in [-0.25, -0.2) is 0 Å². The highest BCUT2D eigenvalue weighted by atomic mass is 16.5. The zero-order valence-corrected chi connectivity index (χ0v) is 11.7. The first-order chi connectivity index (χ1) is 10.2. The third kappa shape index (κ3) is 2.57. The number of ether oxygens (including phenoxy) is 2. The quantitative estimate of drug-likeness (QED) is 0.877. The van der Waals surface area contributed by atoms with E-state index in [0.29, 0.717) is 6.61 Å². The van der Waals surface area contributed by atoms with Gasteiger partial charge >= 0.3 is 5.97 Å². The largest absolute Gasteiger partial charge is 0.508 e. The van der Waals surface area contributed by atoms with Crippen molar-refractivity contribution in [3.8, 4) is 22.6 Å². The Hall–Kier alpha value is -2.49. The number of phenolic OH excluding ortho intramolecular Hbond substituents is 1. The van der Waals surface area contributed by atoms with E-state index >= 15 is 0 Å². The summed E-state index contributed by atoms with van der Waals surface area (Å²) in [7, 11) is 0. The van der Waals surface area contributed by atoms with Crippen LogP contribution in [-0.2, 0) is 9.53 Å². The predicted octanol–water partition coefficient (Wildman–Crippen LogP) is 3.45. The molecular formula is C17H16O4. The lowest BCUT2D eigenvalue weighted by atomic mass is 9.91. The van der Waals surface area contributed by atoms with E-state index in [9.17, 15) is 9.90 Å². The maximum absolute atomic E-state index is 11.8. The van der Waals surface area contributed by atoms with Gasteiger partial charge < -0.3 is 14.6 Å². The molecule has 2 aromatic carbocycles. The second kappa shape index (κ2) is 5.48. The molecule has 0 amide bonds. The molecule has 1 unspecified atom stereocenters. The molecule has 1 aliphatic rings. The number of rotatable bonds is 3. The zero-order chi connectivity index (χ0) is 14.8. The van der Waals surface area contributed by atoms with Gasteiger partial charge in [-0.2, -0.15) is 0 Å². The van der Waals surface area contributed by atoms with Crippen LogP contribution < -0.4 is 4.74 Å². The van der Waals surface area contributed by atoms with Crippen LogP contribution in [0.1, 0.15) is 25.0 Å². The summed E-state index contributed by atoms with van der Waals surface area (Å²) < 4.78 is 10.9. The van der Waals surface area contributed by atoms with E-state index in [1.165, 1.54) is 0 Å². The lowest BCUT2D eigenvalue weighted by Crippen LogP contribution is -2.19. The molecular weight excluding hydrogens is 268 g/mol. The number of carbonyl (C=O) groups excluding carboxylic acids is 1. The van der Waals surface area contributed by atoms with Crippen LogP contribution in [0.25, 0.3) is 11.1 Å². The summed E-state index contributed by atoms with van der Waals surface area (Å²) in [6.45, 7) is 2.11. The number of hydrogen-bond acceptors (Lipinski definition) is 4. The number of carbonyl (C=O) groups is 1. The van der Waals surface area contributed by atoms with Gasteiger partial charge in [0.15, 0.2) is 0 Å². The van der Waals surface area contributed by atoms with Crippen molar-refractivity contribution in [1.29, 1.82) is 0 Å². The lowest BCUT2D eigenvalue weighted by Gasteiger charge is -2.28. The fourth-order valence-corrected chi connectivity index (χ4v) is 2.59. The van der Waals surface area contributed by atoms with E-state index in [1.54, 1.807) is 19.1 Å². The van der Waals surface area contributed by atoms with E-state index in [-0.39, 0.29) is 18.1 Å². The molecule has 0 saturated carbocycles. The third-order valence-corrected chi connectivity index (χ3v) is 3.49. The molecule has 0 aliphatic carbocycles. The zero-order valence-electron chi connectivity index (χ0n) is 11.7. The molecule has 1 aliphatic heterocycles. The van der Waals surface area contributed by atoms with Gasteiger partial charge in [0.25, 0.3) is 0 Å². The Balaban J connectivity index is 2.02. The van der Waals surface area contributed by atoms with Crippen LogP contribution in [0.15, 0.2) is 42.5 Å². The van der Waals surface area contributed by atoms with E-state index in [2.05, 4.69) is 0 Å². The summed E-state index contributed by atoms with van der Waals surface area (Å²) >= 11 is 0. The molecule has 0 spiro atoms. The highest BCUT2D eigenvalue weighted by Crippen LogP contribution is 2.44. The van der Waals surface area contributed by atoms with Crippen molar-refractivity contribution in [3.05, 3.63) is 48.0 Å². The van der Waals surface area contributed by atoms with Crippen LogP contribution in [0.3, 0.4) is 0 Å². The number of hydrogen-bond donors (Lipinski definition) is 1. The third-order valence-electron chi connectivity index (χ3n) is 3.49. The van der Waals surface area contributed by atoms with Gasteiger partial charge in [-0.1, -0.05) is 24.3 Å². The Morgan fingerprint density at radius 1 is 1.24 bits per heavy atom. The van der Waals surface area contributed by atoms with Gasteiger partial charge in [-0.15, -0.1) is 0 Å². The van der Waals surface area contributed by atoms with E-state index in [0.717, 1.165) is 22.4 Å². The van der Waals surface area contributed by atoms with Gasteiger partial charge in [-0.3, -0.25) is 4.79 Å². The molecule has 0 aromatic heterocycles. The van der Waals surface area contributed by atoms with Gasteiger partial charge in [0.05, 0.1) is 13.0 Å². The van der Waals surface area contributed by atoms with Crippen LogP contribution in [-0.4, -0.2) is 17.7 Å². The Bertz CT molecular complexity index is 678. The monoisotopic (exact) mass is 284 g/mol. The normalized spacial score (nSPS) is 15.6. The van der Waals surface area contributed by atoms with Crippen LogP contribution in [0.2, 0.25) is 0 Å². The first kappa shape index (κ1) is 13.5. The Labute approximate surface area is 122 Å². The number of para-hydroxylation sites is 1. The number of fused-ring (bicyclic) bond motifs is 3.